The smallest absolute Gasteiger partial charge is 0.407 e. The summed E-state index contributed by atoms with van der Waals surface area (Å²) in [6.07, 6.45) is -1.46. The summed E-state index contributed by atoms with van der Waals surface area (Å²) in [5.41, 5.74) is 7.78. The minimum atomic E-state index is -0.949. The molecule has 0 aliphatic heterocycles. The number of aliphatic hydroxyl groups is 1. The first-order valence-electron chi connectivity index (χ1n) is 7.95. The molecule has 0 bridgehead atoms. The minimum absolute atomic E-state index is 0.225. The first-order chi connectivity index (χ1) is 11.7. The Morgan fingerprint density at radius 1 is 1.24 bits per heavy atom. The van der Waals surface area contributed by atoms with E-state index in [1.165, 1.54) is 0 Å². The maximum Gasteiger partial charge on any atom is 0.407 e. The van der Waals surface area contributed by atoms with Crippen molar-refractivity contribution in [3.8, 4) is 0 Å². The van der Waals surface area contributed by atoms with Gasteiger partial charge in [0.15, 0.2) is 0 Å². The van der Waals surface area contributed by atoms with Crippen molar-refractivity contribution in [2.24, 2.45) is 0 Å². The molecule has 5 nitrogen and oxygen atoms in total. The summed E-state index contributed by atoms with van der Waals surface area (Å²) in [6, 6.07) is 12.2. The maximum atomic E-state index is 11.8. The molecule has 0 heterocycles. The topological polar surface area (TPSA) is 84.6 Å². The lowest BCUT2D eigenvalue weighted by atomic mass is 9.95. The monoisotopic (exact) mass is 362 g/mol. The zero-order valence-corrected chi connectivity index (χ0v) is 15.3. The molecule has 0 saturated carbocycles. The number of ether oxygens (including phenoxy) is 1. The molecule has 0 spiro atoms. The number of carbonyl (C=O) groups excluding carboxylic acids is 1. The molecule has 0 radical (unpaired) electrons. The fourth-order valence-corrected chi connectivity index (χ4v) is 2.57. The standard InChI is InChI=1S/C19H23ClN2O3/c1-19(2,3)25-18(24)22-11-12-6-4-5-7-14(12)17(23)15-10-13(20)8-9-16(15)21/h4-10,17,23H,11,21H2,1-3H3,(H,22,24). The quantitative estimate of drug-likeness (QED) is 0.717. The van der Waals surface area contributed by atoms with E-state index in [1.54, 1.807) is 45.0 Å². The van der Waals surface area contributed by atoms with E-state index in [0.29, 0.717) is 21.8 Å². The number of aliphatic hydroxyl groups excluding tert-OH is 1. The van der Waals surface area contributed by atoms with Crippen LogP contribution in [-0.4, -0.2) is 16.8 Å². The fourth-order valence-electron chi connectivity index (χ4n) is 2.39. The molecule has 2 rings (SSSR count). The van der Waals surface area contributed by atoms with Crippen LogP contribution in [0.5, 0.6) is 0 Å². The molecule has 2 aromatic carbocycles. The SMILES string of the molecule is CC(C)(C)OC(=O)NCc1ccccc1C(O)c1cc(Cl)ccc1N. The second-order valence-electron chi connectivity index (χ2n) is 6.73. The van der Waals surface area contributed by atoms with Crippen LogP contribution >= 0.6 is 11.6 Å². The number of nitrogen functional groups attached to an aromatic ring is 1. The third kappa shape index (κ3) is 5.37. The second-order valence-corrected chi connectivity index (χ2v) is 7.17. The summed E-state index contributed by atoms with van der Waals surface area (Å²) in [5, 5.41) is 13.9. The molecule has 0 saturated heterocycles. The average molecular weight is 363 g/mol. The van der Waals surface area contributed by atoms with Gasteiger partial charge in [0.2, 0.25) is 0 Å². The summed E-state index contributed by atoms with van der Waals surface area (Å²) in [4.78, 5) is 11.8. The Hall–Kier alpha value is -2.24. The molecule has 6 heteroatoms. The lowest BCUT2D eigenvalue weighted by Gasteiger charge is -2.21. The number of alkyl carbamates (subject to hydrolysis) is 1. The Labute approximate surface area is 152 Å². The molecular weight excluding hydrogens is 340 g/mol. The molecule has 4 N–H and O–H groups in total. The number of benzene rings is 2. The van der Waals surface area contributed by atoms with Crippen LogP contribution in [0.15, 0.2) is 42.5 Å². The fraction of sp³-hybridized carbons (Fsp3) is 0.316. The third-order valence-electron chi connectivity index (χ3n) is 3.52. The summed E-state index contributed by atoms with van der Waals surface area (Å²) < 4.78 is 5.23. The van der Waals surface area contributed by atoms with Crippen molar-refractivity contribution >= 4 is 23.4 Å². The zero-order valence-electron chi connectivity index (χ0n) is 14.5. The van der Waals surface area contributed by atoms with Gasteiger partial charge < -0.3 is 20.9 Å². The molecule has 0 aliphatic carbocycles. The van der Waals surface area contributed by atoms with Crippen molar-refractivity contribution in [3.05, 3.63) is 64.2 Å². The van der Waals surface area contributed by atoms with E-state index >= 15 is 0 Å². The molecule has 1 atom stereocenters. The number of carbonyl (C=O) groups is 1. The lowest BCUT2D eigenvalue weighted by Crippen LogP contribution is -2.32. The van der Waals surface area contributed by atoms with Gasteiger partial charge >= 0.3 is 6.09 Å². The van der Waals surface area contributed by atoms with Gasteiger partial charge in [-0.15, -0.1) is 0 Å². The number of amides is 1. The molecule has 25 heavy (non-hydrogen) atoms. The number of halogens is 1. The predicted molar refractivity (Wildman–Crippen MR) is 99.4 cm³/mol. The average Bonchev–Trinajstić information content (AvgIpc) is 2.53. The summed E-state index contributed by atoms with van der Waals surface area (Å²) in [6.45, 7) is 5.62. The first kappa shape index (κ1) is 19.1. The number of nitrogens with one attached hydrogen (secondary N) is 1. The van der Waals surface area contributed by atoms with Crippen LogP contribution < -0.4 is 11.1 Å². The van der Waals surface area contributed by atoms with E-state index in [2.05, 4.69) is 5.32 Å². The molecule has 2 aromatic rings. The second kappa shape index (κ2) is 7.76. The van der Waals surface area contributed by atoms with E-state index in [4.69, 9.17) is 22.1 Å². The highest BCUT2D eigenvalue weighted by molar-refractivity contribution is 6.30. The number of rotatable bonds is 4. The highest BCUT2D eigenvalue weighted by atomic mass is 35.5. The van der Waals surface area contributed by atoms with E-state index in [0.717, 1.165) is 5.56 Å². The van der Waals surface area contributed by atoms with Crippen LogP contribution in [0, 0.1) is 0 Å². The molecule has 0 fully saturated rings. The predicted octanol–water partition coefficient (Wildman–Crippen LogP) is 4.03. The van der Waals surface area contributed by atoms with E-state index in [-0.39, 0.29) is 6.54 Å². The van der Waals surface area contributed by atoms with Gasteiger partial charge in [-0.1, -0.05) is 35.9 Å². The maximum absolute atomic E-state index is 11.8. The number of hydrogen-bond donors (Lipinski definition) is 3. The van der Waals surface area contributed by atoms with Crippen molar-refractivity contribution in [3.63, 3.8) is 0 Å². The Morgan fingerprint density at radius 3 is 2.60 bits per heavy atom. The number of hydrogen-bond acceptors (Lipinski definition) is 4. The van der Waals surface area contributed by atoms with Crippen molar-refractivity contribution in [1.29, 1.82) is 0 Å². The highest BCUT2D eigenvalue weighted by Crippen LogP contribution is 2.31. The van der Waals surface area contributed by atoms with Crippen LogP contribution in [0.25, 0.3) is 0 Å². The van der Waals surface area contributed by atoms with Crippen molar-refractivity contribution in [2.45, 2.75) is 39.0 Å². The summed E-state index contributed by atoms with van der Waals surface area (Å²) in [5.74, 6) is 0. The normalized spacial score (nSPS) is 12.5. The summed E-state index contributed by atoms with van der Waals surface area (Å²) in [7, 11) is 0. The van der Waals surface area contributed by atoms with E-state index < -0.39 is 17.8 Å². The van der Waals surface area contributed by atoms with Gasteiger partial charge in [0.1, 0.15) is 11.7 Å². The molecule has 0 aliphatic rings. The summed E-state index contributed by atoms with van der Waals surface area (Å²) >= 11 is 6.01. The van der Waals surface area contributed by atoms with Gasteiger partial charge in [-0.3, -0.25) is 0 Å². The molecule has 1 amide bonds. The van der Waals surface area contributed by atoms with Gasteiger partial charge in [0.05, 0.1) is 0 Å². The van der Waals surface area contributed by atoms with Crippen LogP contribution in [-0.2, 0) is 11.3 Å². The lowest BCUT2D eigenvalue weighted by molar-refractivity contribution is 0.0523. The molecule has 1 unspecified atom stereocenters. The van der Waals surface area contributed by atoms with Crippen LogP contribution in [0.1, 0.15) is 43.6 Å². The molecule has 0 aromatic heterocycles. The molecular formula is C19H23ClN2O3. The molecule has 134 valence electrons. The van der Waals surface area contributed by atoms with E-state index in [9.17, 15) is 9.90 Å². The Kier molecular flexibility index (Phi) is 5.93. The first-order valence-corrected chi connectivity index (χ1v) is 8.33. The van der Waals surface area contributed by atoms with Crippen molar-refractivity contribution in [1.82, 2.24) is 5.32 Å². The Morgan fingerprint density at radius 2 is 1.92 bits per heavy atom. The Balaban J connectivity index is 2.20. The zero-order chi connectivity index (χ0) is 18.6. The largest absolute Gasteiger partial charge is 0.444 e. The van der Waals surface area contributed by atoms with Crippen LogP contribution in [0.4, 0.5) is 10.5 Å². The Bertz CT molecular complexity index is 757. The van der Waals surface area contributed by atoms with Crippen molar-refractivity contribution < 1.29 is 14.6 Å². The van der Waals surface area contributed by atoms with Gasteiger partial charge in [0, 0.05) is 22.8 Å². The van der Waals surface area contributed by atoms with Crippen LogP contribution in [0.2, 0.25) is 5.02 Å². The van der Waals surface area contributed by atoms with Gasteiger partial charge in [-0.05, 0) is 50.1 Å². The van der Waals surface area contributed by atoms with Crippen LogP contribution in [0.3, 0.4) is 0 Å². The van der Waals surface area contributed by atoms with Gasteiger partial charge in [-0.2, -0.15) is 0 Å². The number of nitrogens with two attached hydrogens (primary N) is 1. The van der Waals surface area contributed by atoms with Gasteiger partial charge in [0.25, 0.3) is 0 Å². The third-order valence-corrected chi connectivity index (χ3v) is 3.75. The van der Waals surface area contributed by atoms with E-state index in [1.807, 2.05) is 18.2 Å². The van der Waals surface area contributed by atoms with Crippen molar-refractivity contribution in [2.75, 3.05) is 5.73 Å². The minimum Gasteiger partial charge on any atom is -0.444 e. The highest BCUT2D eigenvalue weighted by Gasteiger charge is 2.19. The number of anilines is 1. The van der Waals surface area contributed by atoms with Gasteiger partial charge in [-0.25, -0.2) is 4.79 Å².